The molecule has 2 unspecified atom stereocenters. The summed E-state index contributed by atoms with van der Waals surface area (Å²) in [6.07, 6.45) is 3.05. The molecule has 5 nitrogen and oxygen atoms in total. The van der Waals surface area contributed by atoms with Gasteiger partial charge in [0.05, 0.1) is 11.9 Å². The lowest BCUT2D eigenvalue weighted by Crippen LogP contribution is -2.42. The molecule has 0 radical (unpaired) electrons. The average Bonchev–Trinajstić information content (AvgIpc) is 2.88. The summed E-state index contributed by atoms with van der Waals surface area (Å²) < 4.78 is 25.0. The monoisotopic (exact) mass is 336 g/mol. The summed E-state index contributed by atoms with van der Waals surface area (Å²) in [6.45, 7) is 6.43. The number of hydrogen-bond donors (Lipinski definition) is 0. The van der Waals surface area contributed by atoms with Crippen molar-refractivity contribution >= 4 is 21.6 Å². The number of sulfonamides is 1. The molecule has 0 aromatic heterocycles. The van der Waals surface area contributed by atoms with Crippen LogP contribution in [0.5, 0.6) is 0 Å². The molecule has 0 aliphatic carbocycles. The third kappa shape index (κ3) is 3.22. The van der Waals surface area contributed by atoms with Crippen LogP contribution in [0.3, 0.4) is 0 Å². The Morgan fingerprint density at radius 1 is 1.17 bits per heavy atom. The van der Waals surface area contributed by atoms with E-state index in [2.05, 4.69) is 13.8 Å². The minimum absolute atomic E-state index is 0.0593. The molecule has 23 heavy (non-hydrogen) atoms. The first-order chi connectivity index (χ1) is 10.8. The van der Waals surface area contributed by atoms with Crippen LogP contribution in [0, 0.1) is 11.8 Å². The summed E-state index contributed by atoms with van der Waals surface area (Å²) in [7, 11) is -3.25. The van der Waals surface area contributed by atoms with Gasteiger partial charge in [0.1, 0.15) is 0 Å². The summed E-state index contributed by atoms with van der Waals surface area (Å²) in [5, 5.41) is 0. The van der Waals surface area contributed by atoms with Crippen LogP contribution in [0.4, 0.5) is 5.69 Å². The molecule has 1 saturated heterocycles. The van der Waals surface area contributed by atoms with Crippen LogP contribution in [0.1, 0.15) is 36.2 Å². The Kier molecular flexibility index (Phi) is 4.12. The molecule has 1 fully saturated rings. The van der Waals surface area contributed by atoms with E-state index in [1.165, 1.54) is 10.6 Å². The van der Waals surface area contributed by atoms with Gasteiger partial charge in [-0.05, 0) is 48.4 Å². The molecule has 2 aliphatic rings. The second kappa shape index (κ2) is 5.82. The van der Waals surface area contributed by atoms with E-state index in [0.717, 1.165) is 25.1 Å². The lowest BCUT2D eigenvalue weighted by molar-refractivity contribution is 0.0623. The highest BCUT2D eigenvalue weighted by molar-refractivity contribution is 7.92. The van der Waals surface area contributed by atoms with Gasteiger partial charge in [-0.3, -0.25) is 9.10 Å². The number of carbonyl (C=O) groups is 1. The van der Waals surface area contributed by atoms with Gasteiger partial charge < -0.3 is 4.90 Å². The van der Waals surface area contributed by atoms with Crippen molar-refractivity contribution in [2.24, 2.45) is 11.8 Å². The maximum atomic E-state index is 12.8. The van der Waals surface area contributed by atoms with Crippen LogP contribution in [0.15, 0.2) is 18.2 Å². The van der Waals surface area contributed by atoms with Gasteiger partial charge in [0.2, 0.25) is 10.0 Å². The number of hydrogen-bond acceptors (Lipinski definition) is 3. The highest BCUT2D eigenvalue weighted by atomic mass is 32.2. The van der Waals surface area contributed by atoms with Crippen molar-refractivity contribution < 1.29 is 13.2 Å². The van der Waals surface area contributed by atoms with Gasteiger partial charge in [-0.2, -0.15) is 0 Å². The highest BCUT2D eigenvalue weighted by Crippen LogP contribution is 2.31. The minimum Gasteiger partial charge on any atom is -0.338 e. The van der Waals surface area contributed by atoms with Crippen LogP contribution < -0.4 is 4.31 Å². The van der Waals surface area contributed by atoms with Crippen molar-refractivity contribution in [3.63, 3.8) is 0 Å². The molecule has 1 amide bonds. The van der Waals surface area contributed by atoms with Crippen molar-refractivity contribution in [2.75, 3.05) is 30.2 Å². The molecule has 126 valence electrons. The summed E-state index contributed by atoms with van der Waals surface area (Å²) >= 11 is 0. The SMILES string of the molecule is CC1CC(C)CN(C(=O)c2ccc3c(c2)CCN3S(C)(=O)=O)C1. The number of anilines is 1. The van der Waals surface area contributed by atoms with Gasteiger partial charge in [0.15, 0.2) is 0 Å². The summed E-state index contributed by atoms with van der Waals surface area (Å²) in [5.41, 5.74) is 2.32. The van der Waals surface area contributed by atoms with Crippen molar-refractivity contribution in [1.82, 2.24) is 4.90 Å². The third-order valence-electron chi connectivity index (χ3n) is 4.74. The molecular weight excluding hydrogens is 312 g/mol. The first kappa shape index (κ1) is 16.3. The van der Waals surface area contributed by atoms with Crippen molar-refractivity contribution in [3.8, 4) is 0 Å². The normalized spacial score (nSPS) is 24.7. The predicted molar refractivity (Wildman–Crippen MR) is 91.2 cm³/mol. The molecule has 1 aromatic rings. The van der Waals surface area contributed by atoms with Gasteiger partial charge in [-0.1, -0.05) is 13.8 Å². The molecule has 3 rings (SSSR count). The quantitative estimate of drug-likeness (QED) is 0.831. The van der Waals surface area contributed by atoms with Gasteiger partial charge >= 0.3 is 0 Å². The molecule has 0 bridgehead atoms. The predicted octanol–water partition coefficient (Wildman–Crippen LogP) is 2.13. The third-order valence-corrected chi connectivity index (χ3v) is 5.92. The Morgan fingerprint density at radius 3 is 2.43 bits per heavy atom. The number of likely N-dealkylation sites (tertiary alicyclic amines) is 1. The van der Waals surface area contributed by atoms with Gasteiger partial charge in [0.25, 0.3) is 5.91 Å². The van der Waals surface area contributed by atoms with Gasteiger partial charge in [0, 0.05) is 25.2 Å². The fraction of sp³-hybridized carbons (Fsp3) is 0.588. The fourth-order valence-corrected chi connectivity index (χ4v) is 4.82. The number of benzene rings is 1. The molecule has 2 heterocycles. The van der Waals surface area contributed by atoms with Crippen LogP contribution in [-0.2, 0) is 16.4 Å². The summed E-state index contributed by atoms with van der Waals surface area (Å²) in [4.78, 5) is 14.7. The number of nitrogens with zero attached hydrogens (tertiary/aromatic N) is 2. The second-order valence-electron chi connectivity index (χ2n) is 7.08. The first-order valence-electron chi connectivity index (χ1n) is 8.15. The molecular formula is C17H24N2O3S. The van der Waals surface area contributed by atoms with Crippen molar-refractivity contribution in [3.05, 3.63) is 29.3 Å². The van der Waals surface area contributed by atoms with E-state index < -0.39 is 10.0 Å². The highest BCUT2D eigenvalue weighted by Gasteiger charge is 2.29. The molecule has 0 saturated carbocycles. The zero-order valence-electron chi connectivity index (χ0n) is 13.9. The number of carbonyl (C=O) groups excluding carboxylic acids is 1. The second-order valence-corrected chi connectivity index (χ2v) is 8.99. The van der Waals surface area contributed by atoms with E-state index >= 15 is 0 Å². The van der Waals surface area contributed by atoms with Crippen LogP contribution in [0.25, 0.3) is 0 Å². The molecule has 0 N–H and O–H groups in total. The molecule has 0 spiro atoms. The van der Waals surface area contributed by atoms with Crippen molar-refractivity contribution in [1.29, 1.82) is 0 Å². The maximum Gasteiger partial charge on any atom is 0.253 e. The number of amides is 1. The smallest absolute Gasteiger partial charge is 0.253 e. The largest absolute Gasteiger partial charge is 0.338 e. The molecule has 1 aromatic carbocycles. The lowest BCUT2D eigenvalue weighted by atomic mass is 9.91. The van der Waals surface area contributed by atoms with E-state index in [9.17, 15) is 13.2 Å². The number of rotatable bonds is 2. The Hall–Kier alpha value is -1.56. The number of fused-ring (bicyclic) bond motifs is 1. The van der Waals surface area contributed by atoms with E-state index in [4.69, 9.17) is 0 Å². The minimum atomic E-state index is -3.25. The van der Waals surface area contributed by atoms with E-state index in [1.54, 1.807) is 12.1 Å². The van der Waals surface area contributed by atoms with Gasteiger partial charge in [-0.25, -0.2) is 8.42 Å². The Morgan fingerprint density at radius 2 is 1.83 bits per heavy atom. The van der Waals surface area contributed by atoms with E-state index in [1.807, 2.05) is 11.0 Å². The molecule has 6 heteroatoms. The zero-order valence-corrected chi connectivity index (χ0v) is 14.8. The lowest BCUT2D eigenvalue weighted by Gasteiger charge is -2.35. The average molecular weight is 336 g/mol. The zero-order chi connectivity index (χ0) is 16.8. The van der Waals surface area contributed by atoms with Gasteiger partial charge in [-0.15, -0.1) is 0 Å². The Labute approximate surface area is 138 Å². The Bertz CT molecular complexity index is 719. The van der Waals surface area contributed by atoms with Crippen LogP contribution >= 0.6 is 0 Å². The fourth-order valence-electron chi connectivity index (χ4n) is 3.86. The van der Waals surface area contributed by atoms with E-state index in [0.29, 0.717) is 36.1 Å². The maximum absolute atomic E-state index is 12.8. The Balaban J connectivity index is 1.84. The topological polar surface area (TPSA) is 57.7 Å². The van der Waals surface area contributed by atoms with E-state index in [-0.39, 0.29) is 5.91 Å². The molecule has 2 atom stereocenters. The van der Waals surface area contributed by atoms with Crippen LogP contribution in [-0.4, -0.2) is 45.1 Å². The summed E-state index contributed by atoms with van der Waals surface area (Å²) in [5.74, 6) is 1.11. The first-order valence-corrected chi connectivity index (χ1v) is 10.0. The standard InChI is InChI=1S/C17H24N2O3S/c1-12-8-13(2)11-18(10-12)17(20)15-4-5-16-14(9-15)6-7-19(16)23(3,21)22/h4-5,9,12-13H,6-8,10-11H2,1-3H3. The van der Waals surface area contributed by atoms with Crippen LogP contribution in [0.2, 0.25) is 0 Å². The van der Waals surface area contributed by atoms with Crippen molar-refractivity contribution in [2.45, 2.75) is 26.7 Å². The summed E-state index contributed by atoms with van der Waals surface area (Å²) in [6, 6.07) is 5.40. The molecule has 2 aliphatic heterocycles. The number of piperidine rings is 1.